The SMILES string of the molecule is Cc1ccccc1CN1CCNC[C@@H]1C(=O)O. The quantitative estimate of drug-likeness (QED) is 0.814. The number of nitrogens with one attached hydrogen (secondary N) is 1. The highest BCUT2D eigenvalue weighted by atomic mass is 16.4. The van der Waals surface area contributed by atoms with Gasteiger partial charge in [-0.3, -0.25) is 9.69 Å². The monoisotopic (exact) mass is 234 g/mol. The number of carbonyl (C=O) groups is 1. The molecular formula is C13H18N2O2. The summed E-state index contributed by atoms with van der Waals surface area (Å²) in [6, 6.07) is 7.72. The van der Waals surface area contributed by atoms with Crippen molar-refractivity contribution >= 4 is 5.97 Å². The Balaban J connectivity index is 2.11. The minimum absolute atomic E-state index is 0.414. The summed E-state index contributed by atoms with van der Waals surface area (Å²) < 4.78 is 0. The summed E-state index contributed by atoms with van der Waals surface area (Å²) in [6.45, 7) is 4.95. The van der Waals surface area contributed by atoms with Crippen LogP contribution in [0.5, 0.6) is 0 Å². The number of aryl methyl sites for hydroxylation is 1. The van der Waals surface area contributed by atoms with E-state index in [4.69, 9.17) is 0 Å². The third-order valence-electron chi connectivity index (χ3n) is 3.27. The predicted octanol–water partition coefficient (Wildman–Crippen LogP) is 0.853. The first-order valence-corrected chi connectivity index (χ1v) is 5.90. The van der Waals surface area contributed by atoms with E-state index in [0.29, 0.717) is 13.1 Å². The molecule has 0 aliphatic carbocycles. The summed E-state index contributed by atoms with van der Waals surface area (Å²) in [5.41, 5.74) is 2.43. The molecule has 4 heteroatoms. The van der Waals surface area contributed by atoms with E-state index in [2.05, 4.69) is 24.4 Å². The van der Waals surface area contributed by atoms with Crippen molar-refractivity contribution in [1.82, 2.24) is 10.2 Å². The second kappa shape index (κ2) is 5.29. The van der Waals surface area contributed by atoms with Gasteiger partial charge in [0.1, 0.15) is 6.04 Å². The molecule has 1 atom stereocenters. The molecule has 17 heavy (non-hydrogen) atoms. The molecule has 1 fully saturated rings. The maximum atomic E-state index is 11.2. The normalized spacial score (nSPS) is 21.4. The maximum Gasteiger partial charge on any atom is 0.322 e. The van der Waals surface area contributed by atoms with Crippen LogP contribution in [0.3, 0.4) is 0 Å². The Morgan fingerprint density at radius 3 is 3.00 bits per heavy atom. The molecule has 0 amide bonds. The highest BCUT2D eigenvalue weighted by molar-refractivity contribution is 5.74. The molecule has 1 aliphatic heterocycles. The lowest BCUT2D eigenvalue weighted by molar-refractivity contribution is -0.144. The molecule has 1 aromatic rings. The Morgan fingerprint density at radius 1 is 1.53 bits per heavy atom. The van der Waals surface area contributed by atoms with Crippen molar-refractivity contribution in [3.63, 3.8) is 0 Å². The van der Waals surface area contributed by atoms with Crippen LogP contribution in [0.25, 0.3) is 0 Å². The van der Waals surface area contributed by atoms with Gasteiger partial charge in [0, 0.05) is 26.2 Å². The van der Waals surface area contributed by atoms with E-state index in [-0.39, 0.29) is 0 Å². The molecule has 0 aromatic heterocycles. The maximum absolute atomic E-state index is 11.2. The van der Waals surface area contributed by atoms with Gasteiger partial charge >= 0.3 is 5.97 Å². The first-order valence-electron chi connectivity index (χ1n) is 5.90. The fourth-order valence-corrected chi connectivity index (χ4v) is 2.19. The predicted molar refractivity (Wildman–Crippen MR) is 65.9 cm³/mol. The van der Waals surface area contributed by atoms with Crippen molar-refractivity contribution in [1.29, 1.82) is 0 Å². The Morgan fingerprint density at radius 2 is 2.29 bits per heavy atom. The van der Waals surface area contributed by atoms with Gasteiger partial charge in [0.15, 0.2) is 0 Å². The van der Waals surface area contributed by atoms with Crippen LogP contribution in [0.1, 0.15) is 11.1 Å². The molecular weight excluding hydrogens is 216 g/mol. The summed E-state index contributed by atoms with van der Waals surface area (Å²) >= 11 is 0. The number of aliphatic carboxylic acids is 1. The largest absolute Gasteiger partial charge is 0.480 e. The van der Waals surface area contributed by atoms with Crippen LogP contribution in [-0.4, -0.2) is 41.7 Å². The minimum atomic E-state index is -0.745. The van der Waals surface area contributed by atoms with E-state index < -0.39 is 12.0 Å². The van der Waals surface area contributed by atoms with Gasteiger partial charge < -0.3 is 10.4 Å². The molecule has 2 rings (SSSR count). The van der Waals surface area contributed by atoms with Crippen LogP contribution < -0.4 is 5.32 Å². The summed E-state index contributed by atoms with van der Waals surface area (Å²) in [6.07, 6.45) is 0. The lowest BCUT2D eigenvalue weighted by Gasteiger charge is -2.33. The van der Waals surface area contributed by atoms with Crippen LogP contribution >= 0.6 is 0 Å². The van der Waals surface area contributed by atoms with Gasteiger partial charge in [-0.15, -0.1) is 0 Å². The topological polar surface area (TPSA) is 52.6 Å². The summed E-state index contributed by atoms with van der Waals surface area (Å²) in [4.78, 5) is 13.2. The van der Waals surface area contributed by atoms with Crippen LogP contribution in [0, 0.1) is 6.92 Å². The summed E-state index contributed by atoms with van der Waals surface area (Å²) in [5.74, 6) is -0.745. The number of hydrogen-bond acceptors (Lipinski definition) is 3. The van der Waals surface area contributed by atoms with Crippen molar-refractivity contribution in [3.8, 4) is 0 Å². The molecule has 1 aromatic carbocycles. The third kappa shape index (κ3) is 2.84. The first-order chi connectivity index (χ1) is 8.18. The Labute approximate surface area is 101 Å². The van der Waals surface area contributed by atoms with E-state index in [1.165, 1.54) is 11.1 Å². The number of carboxylic acid groups (broad SMARTS) is 1. The number of rotatable bonds is 3. The summed E-state index contributed by atoms with van der Waals surface area (Å²) in [7, 11) is 0. The third-order valence-corrected chi connectivity index (χ3v) is 3.27. The lowest BCUT2D eigenvalue weighted by atomic mass is 10.1. The van der Waals surface area contributed by atoms with Crippen molar-refractivity contribution in [2.24, 2.45) is 0 Å². The minimum Gasteiger partial charge on any atom is -0.480 e. The van der Waals surface area contributed by atoms with E-state index in [9.17, 15) is 9.90 Å². The summed E-state index contributed by atoms with van der Waals surface area (Å²) in [5, 5.41) is 12.3. The molecule has 0 spiro atoms. The van der Waals surface area contributed by atoms with Crippen LogP contribution in [0.15, 0.2) is 24.3 Å². The fraction of sp³-hybridized carbons (Fsp3) is 0.462. The molecule has 0 radical (unpaired) electrons. The average Bonchev–Trinajstić information content (AvgIpc) is 2.32. The standard InChI is InChI=1S/C13H18N2O2/c1-10-4-2-3-5-11(10)9-15-7-6-14-8-12(15)13(16)17/h2-5,12,14H,6-9H2,1H3,(H,16,17)/t12-/m1/s1. The van der Waals surface area contributed by atoms with Crippen molar-refractivity contribution in [2.75, 3.05) is 19.6 Å². The highest BCUT2D eigenvalue weighted by Crippen LogP contribution is 2.14. The van der Waals surface area contributed by atoms with Crippen LogP contribution in [-0.2, 0) is 11.3 Å². The highest BCUT2D eigenvalue weighted by Gasteiger charge is 2.28. The van der Waals surface area contributed by atoms with Gasteiger partial charge in [0.25, 0.3) is 0 Å². The molecule has 1 heterocycles. The molecule has 1 aliphatic rings. The molecule has 4 nitrogen and oxygen atoms in total. The Hall–Kier alpha value is -1.39. The van der Waals surface area contributed by atoms with E-state index in [1.54, 1.807) is 0 Å². The van der Waals surface area contributed by atoms with Gasteiger partial charge in [0.2, 0.25) is 0 Å². The second-order valence-corrected chi connectivity index (χ2v) is 4.46. The zero-order valence-electron chi connectivity index (χ0n) is 10.0. The van der Waals surface area contributed by atoms with E-state index >= 15 is 0 Å². The molecule has 1 saturated heterocycles. The average molecular weight is 234 g/mol. The Kier molecular flexibility index (Phi) is 3.76. The molecule has 2 N–H and O–H groups in total. The fourth-order valence-electron chi connectivity index (χ4n) is 2.19. The van der Waals surface area contributed by atoms with Gasteiger partial charge in [-0.2, -0.15) is 0 Å². The zero-order chi connectivity index (χ0) is 12.3. The van der Waals surface area contributed by atoms with Crippen LogP contribution in [0.4, 0.5) is 0 Å². The van der Waals surface area contributed by atoms with Crippen molar-refractivity contribution in [2.45, 2.75) is 19.5 Å². The van der Waals surface area contributed by atoms with Gasteiger partial charge in [-0.05, 0) is 18.1 Å². The number of piperazine rings is 1. The smallest absolute Gasteiger partial charge is 0.322 e. The zero-order valence-corrected chi connectivity index (χ0v) is 10.0. The van der Waals surface area contributed by atoms with Crippen molar-refractivity contribution < 1.29 is 9.90 Å². The number of hydrogen-bond donors (Lipinski definition) is 2. The van der Waals surface area contributed by atoms with Crippen LogP contribution in [0.2, 0.25) is 0 Å². The first kappa shape index (κ1) is 12.1. The van der Waals surface area contributed by atoms with Gasteiger partial charge in [-0.25, -0.2) is 0 Å². The molecule has 0 bridgehead atoms. The number of carboxylic acids is 1. The Bertz CT molecular complexity index is 406. The molecule has 92 valence electrons. The van der Waals surface area contributed by atoms with Gasteiger partial charge in [-0.1, -0.05) is 24.3 Å². The molecule has 0 saturated carbocycles. The molecule has 0 unspecified atom stereocenters. The van der Waals surface area contributed by atoms with E-state index in [0.717, 1.165) is 13.1 Å². The van der Waals surface area contributed by atoms with Crippen molar-refractivity contribution in [3.05, 3.63) is 35.4 Å². The number of benzene rings is 1. The van der Waals surface area contributed by atoms with Gasteiger partial charge in [0.05, 0.1) is 0 Å². The number of nitrogens with zero attached hydrogens (tertiary/aromatic N) is 1. The second-order valence-electron chi connectivity index (χ2n) is 4.46. The lowest BCUT2D eigenvalue weighted by Crippen LogP contribution is -2.54. The van der Waals surface area contributed by atoms with E-state index in [1.807, 2.05) is 17.0 Å².